The number of carbonyl (C=O) groups is 1. The van der Waals surface area contributed by atoms with Gasteiger partial charge in [-0.1, -0.05) is 30.7 Å². The molecule has 5 heteroatoms. The van der Waals surface area contributed by atoms with Crippen molar-refractivity contribution in [1.29, 1.82) is 0 Å². The number of urea groups is 1. The van der Waals surface area contributed by atoms with E-state index in [1.165, 1.54) is 0 Å². The van der Waals surface area contributed by atoms with Gasteiger partial charge in [-0.2, -0.15) is 0 Å². The average molecular weight is 297 g/mol. The lowest BCUT2D eigenvalue weighted by Crippen LogP contribution is -2.50. The van der Waals surface area contributed by atoms with Crippen molar-refractivity contribution in [3.63, 3.8) is 0 Å². The normalized spacial score (nSPS) is 17.9. The Balaban J connectivity index is 1.85. The number of rotatable bonds is 5. The van der Waals surface area contributed by atoms with Crippen LogP contribution in [0.1, 0.15) is 44.2 Å². The summed E-state index contributed by atoms with van der Waals surface area (Å²) in [6.07, 6.45) is 3.35. The van der Waals surface area contributed by atoms with Crippen LogP contribution in [0, 0.1) is 0 Å². The fourth-order valence-electron chi connectivity index (χ4n) is 2.33. The van der Waals surface area contributed by atoms with Crippen LogP contribution >= 0.6 is 11.6 Å². The van der Waals surface area contributed by atoms with Crippen molar-refractivity contribution in [2.24, 2.45) is 0 Å². The molecule has 0 aromatic heterocycles. The minimum absolute atomic E-state index is 0.0525. The Morgan fingerprint density at radius 3 is 2.55 bits per heavy atom. The van der Waals surface area contributed by atoms with Crippen molar-refractivity contribution in [1.82, 2.24) is 10.6 Å². The molecule has 0 radical (unpaired) electrons. The van der Waals surface area contributed by atoms with Crippen molar-refractivity contribution >= 4 is 17.6 Å². The lowest BCUT2D eigenvalue weighted by Gasteiger charge is -2.36. The van der Waals surface area contributed by atoms with Crippen molar-refractivity contribution < 1.29 is 9.90 Å². The molecule has 0 aliphatic heterocycles. The Kier molecular flexibility index (Phi) is 4.89. The van der Waals surface area contributed by atoms with Crippen LogP contribution in [0.2, 0.25) is 5.02 Å². The van der Waals surface area contributed by atoms with Gasteiger partial charge in [-0.3, -0.25) is 0 Å². The first-order chi connectivity index (χ1) is 9.52. The van der Waals surface area contributed by atoms with E-state index >= 15 is 0 Å². The largest absolute Gasteiger partial charge is 0.388 e. The van der Waals surface area contributed by atoms with Gasteiger partial charge in [-0.15, -0.1) is 0 Å². The zero-order valence-electron chi connectivity index (χ0n) is 11.7. The molecule has 4 nitrogen and oxygen atoms in total. The maximum Gasteiger partial charge on any atom is 0.315 e. The van der Waals surface area contributed by atoms with Crippen LogP contribution in [0.4, 0.5) is 4.79 Å². The Bertz CT molecular complexity index is 457. The third kappa shape index (κ3) is 3.87. The summed E-state index contributed by atoms with van der Waals surface area (Å²) in [5, 5.41) is 16.3. The van der Waals surface area contributed by atoms with Crippen molar-refractivity contribution in [2.45, 2.75) is 44.2 Å². The van der Waals surface area contributed by atoms with Gasteiger partial charge < -0.3 is 15.7 Å². The van der Waals surface area contributed by atoms with Gasteiger partial charge in [0.25, 0.3) is 0 Å². The molecule has 2 rings (SSSR count). The highest BCUT2D eigenvalue weighted by Gasteiger charge is 2.34. The summed E-state index contributed by atoms with van der Waals surface area (Å²) in [5.74, 6) is 0. The summed E-state index contributed by atoms with van der Waals surface area (Å²) >= 11 is 5.86. The minimum atomic E-state index is -0.695. The molecule has 1 aliphatic rings. The molecule has 1 aliphatic carbocycles. The van der Waals surface area contributed by atoms with Gasteiger partial charge in [0.2, 0.25) is 0 Å². The zero-order valence-corrected chi connectivity index (χ0v) is 12.4. The van der Waals surface area contributed by atoms with Gasteiger partial charge in [0.15, 0.2) is 0 Å². The highest BCUT2D eigenvalue weighted by Crippen LogP contribution is 2.30. The number of hydrogen-bond donors (Lipinski definition) is 3. The number of carbonyl (C=O) groups excluding carboxylic acids is 1. The van der Waals surface area contributed by atoms with E-state index in [2.05, 4.69) is 10.6 Å². The van der Waals surface area contributed by atoms with Gasteiger partial charge in [0, 0.05) is 11.6 Å². The predicted octanol–water partition coefficient (Wildman–Crippen LogP) is 3.01. The van der Waals surface area contributed by atoms with Crippen molar-refractivity contribution in [3.05, 3.63) is 34.9 Å². The molecule has 1 aromatic carbocycles. The summed E-state index contributed by atoms with van der Waals surface area (Å²) in [7, 11) is 0. The second-order valence-electron chi connectivity index (χ2n) is 5.42. The number of halogens is 1. The van der Waals surface area contributed by atoms with E-state index in [0.717, 1.165) is 31.2 Å². The van der Waals surface area contributed by atoms with Gasteiger partial charge >= 0.3 is 6.03 Å². The summed E-state index contributed by atoms with van der Waals surface area (Å²) < 4.78 is 0. The van der Waals surface area contributed by atoms with Gasteiger partial charge in [-0.25, -0.2) is 4.79 Å². The van der Waals surface area contributed by atoms with E-state index in [-0.39, 0.29) is 12.1 Å². The molecule has 3 N–H and O–H groups in total. The van der Waals surface area contributed by atoms with Crippen LogP contribution in [0.3, 0.4) is 0 Å². The number of hydrogen-bond acceptors (Lipinski definition) is 2. The number of nitrogens with one attached hydrogen (secondary N) is 2. The average Bonchev–Trinajstić information content (AvgIpc) is 2.41. The van der Waals surface area contributed by atoms with Crippen LogP contribution in [0.15, 0.2) is 24.3 Å². The van der Waals surface area contributed by atoms with Crippen LogP contribution in [0.5, 0.6) is 0 Å². The predicted molar refractivity (Wildman–Crippen MR) is 79.8 cm³/mol. The van der Waals surface area contributed by atoms with Gasteiger partial charge in [0.1, 0.15) is 0 Å². The minimum Gasteiger partial charge on any atom is -0.388 e. The first kappa shape index (κ1) is 15.1. The lowest BCUT2D eigenvalue weighted by atomic mass is 9.80. The van der Waals surface area contributed by atoms with Crippen LogP contribution in [-0.2, 0) is 0 Å². The standard InChI is InChI=1S/C15H21ClN2O2/c1-2-13(11-4-6-12(16)7-5-11)18-14(19)17-10-15(20)8-3-9-15/h4-7,13,20H,2-3,8-10H2,1H3,(H2,17,18,19). The Morgan fingerprint density at radius 1 is 1.40 bits per heavy atom. The fraction of sp³-hybridized carbons (Fsp3) is 0.533. The Labute approximate surface area is 124 Å². The van der Waals surface area contributed by atoms with Crippen molar-refractivity contribution in [3.8, 4) is 0 Å². The van der Waals surface area contributed by atoms with Gasteiger partial charge in [0.05, 0.1) is 11.6 Å². The molecule has 1 atom stereocenters. The quantitative estimate of drug-likeness (QED) is 0.782. The van der Waals surface area contributed by atoms with Crippen LogP contribution < -0.4 is 10.6 Å². The third-order valence-corrected chi connectivity index (χ3v) is 4.10. The molecule has 110 valence electrons. The van der Waals surface area contributed by atoms with E-state index in [0.29, 0.717) is 11.6 Å². The monoisotopic (exact) mass is 296 g/mol. The smallest absolute Gasteiger partial charge is 0.315 e. The molecule has 1 saturated carbocycles. The Hall–Kier alpha value is -1.26. The molecular weight excluding hydrogens is 276 g/mol. The van der Waals surface area contributed by atoms with E-state index in [1.807, 2.05) is 31.2 Å². The fourth-order valence-corrected chi connectivity index (χ4v) is 2.46. The van der Waals surface area contributed by atoms with Crippen LogP contribution in [0.25, 0.3) is 0 Å². The maximum absolute atomic E-state index is 11.9. The summed E-state index contributed by atoms with van der Waals surface area (Å²) in [4.78, 5) is 11.9. The topological polar surface area (TPSA) is 61.4 Å². The molecule has 1 fully saturated rings. The second kappa shape index (κ2) is 6.46. The Morgan fingerprint density at radius 2 is 2.05 bits per heavy atom. The van der Waals surface area contributed by atoms with E-state index < -0.39 is 5.60 Å². The second-order valence-corrected chi connectivity index (χ2v) is 5.85. The molecule has 0 spiro atoms. The first-order valence-electron chi connectivity index (χ1n) is 7.04. The summed E-state index contributed by atoms with van der Waals surface area (Å²) in [6.45, 7) is 2.33. The molecule has 1 aromatic rings. The third-order valence-electron chi connectivity index (χ3n) is 3.85. The van der Waals surface area contributed by atoms with E-state index in [4.69, 9.17) is 11.6 Å². The molecule has 20 heavy (non-hydrogen) atoms. The zero-order chi connectivity index (χ0) is 14.6. The molecule has 1 unspecified atom stereocenters. The summed E-state index contributed by atoms with van der Waals surface area (Å²) in [6, 6.07) is 7.16. The maximum atomic E-state index is 11.9. The highest BCUT2D eigenvalue weighted by molar-refractivity contribution is 6.30. The molecule has 0 heterocycles. The summed E-state index contributed by atoms with van der Waals surface area (Å²) in [5.41, 5.74) is 0.327. The number of amides is 2. The van der Waals surface area contributed by atoms with E-state index in [1.54, 1.807) is 0 Å². The van der Waals surface area contributed by atoms with E-state index in [9.17, 15) is 9.90 Å². The lowest BCUT2D eigenvalue weighted by molar-refractivity contribution is -0.0290. The van der Waals surface area contributed by atoms with Crippen LogP contribution in [-0.4, -0.2) is 23.3 Å². The number of benzene rings is 1. The SMILES string of the molecule is CCC(NC(=O)NCC1(O)CCC1)c1ccc(Cl)cc1. The molecular formula is C15H21ClN2O2. The molecule has 2 amide bonds. The van der Waals surface area contributed by atoms with Gasteiger partial charge in [-0.05, 0) is 43.4 Å². The number of aliphatic hydroxyl groups is 1. The first-order valence-corrected chi connectivity index (χ1v) is 7.42. The molecule has 0 bridgehead atoms. The highest BCUT2D eigenvalue weighted by atomic mass is 35.5. The molecule has 0 saturated heterocycles. The van der Waals surface area contributed by atoms with Crippen molar-refractivity contribution in [2.75, 3.05) is 6.54 Å².